The Morgan fingerprint density at radius 3 is 3.00 bits per heavy atom. The van der Waals surface area contributed by atoms with Crippen LogP contribution in [0.4, 0.5) is 0 Å². The largest absolute Gasteiger partial charge is 0.389 e. The van der Waals surface area contributed by atoms with Crippen molar-refractivity contribution in [2.24, 2.45) is 0 Å². The second-order valence-corrected chi connectivity index (χ2v) is 3.64. The van der Waals surface area contributed by atoms with Crippen molar-refractivity contribution in [3.8, 4) is 0 Å². The number of aliphatic hydroxyl groups excluding tert-OH is 1. The lowest BCUT2D eigenvalue weighted by Gasteiger charge is -2.13. The van der Waals surface area contributed by atoms with Crippen molar-refractivity contribution in [1.29, 1.82) is 0 Å². The quantitative estimate of drug-likeness (QED) is 0.578. The molecule has 0 aromatic carbocycles. The van der Waals surface area contributed by atoms with Gasteiger partial charge in [0.05, 0.1) is 25.4 Å². The number of rotatable bonds is 4. The minimum atomic E-state index is -0.308. The third-order valence-corrected chi connectivity index (χ3v) is 2.38. The fourth-order valence-corrected chi connectivity index (χ4v) is 1.41. The van der Waals surface area contributed by atoms with Crippen molar-refractivity contribution >= 4 is 11.8 Å². The Morgan fingerprint density at radius 2 is 2.45 bits per heavy atom. The van der Waals surface area contributed by atoms with E-state index in [-0.39, 0.29) is 12.1 Å². The molecule has 0 aromatic heterocycles. The van der Waals surface area contributed by atoms with Crippen LogP contribution >= 0.6 is 11.8 Å². The van der Waals surface area contributed by atoms with Gasteiger partial charge in [0.2, 0.25) is 0 Å². The maximum atomic E-state index is 9.29. The lowest BCUT2D eigenvalue weighted by Crippen LogP contribution is -2.39. The summed E-state index contributed by atoms with van der Waals surface area (Å²) in [7, 11) is 0. The smallest absolute Gasteiger partial charge is 0.0948 e. The number of aliphatic hydroxyl groups is 1. The molecule has 1 rings (SSSR count). The van der Waals surface area contributed by atoms with E-state index >= 15 is 0 Å². The van der Waals surface area contributed by atoms with Gasteiger partial charge < -0.3 is 15.2 Å². The highest BCUT2D eigenvalue weighted by molar-refractivity contribution is 7.98. The molecule has 2 unspecified atom stereocenters. The van der Waals surface area contributed by atoms with Gasteiger partial charge in [-0.3, -0.25) is 0 Å². The van der Waals surface area contributed by atoms with Gasteiger partial charge >= 0.3 is 0 Å². The van der Waals surface area contributed by atoms with Crippen molar-refractivity contribution in [2.45, 2.75) is 12.1 Å². The summed E-state index contributed by atoms with van der Waals surface area (Å²) >= 11 is 1.80. The lowest BCUT2D eigenvalue weighted by molar-refractivity contribution is 0.122. The first kappa shape index (κ1) is 9.32. The van der Waals surface area contributed by atoms with E-state index in [9.17, 15) is 5.11 Å². The normalized spacial score (nSPS) is 31.1. The number of ether oxygens (including phenoxy) is 1. The predicted octanol–water partition coefficient (Wildman–Crippen LogP) is -0.301. The van der Waals surface area contributed by atoms with Crippen LogP contribution in [0, 0.1) is 0 Å². The first-order chi connectivity index (χ1) is 5.34. The molecule has 0 radical (unpaired) electrons. The zero-order chi connectivity index (χ0) is 8.10. The van der Waals surface area contributed by atoms with E-state index in [4.69, 9.17) is 4.74 Å². The van der Waals surface area contributed by atoms with Crippen LogP contribution in [0.5, 0.6) is 0 Å². The van der Waals surface area contributed by atoms with E-state index in [2.05, 4.69) is 11.6 Å². The zero-order valence-electron chi connectivity index (χ0n) is 6.75. The highest BCUT2D eigenvalue weighted by Gasteiger charge is 2.24. The summed E-state index contributed by atoms with van der Waals surface area (Å²) in [6.45, 7) is 2.08. The number of nitrogens with one attached hydrogen (secondary N) is 1. The Labute approximate surface area is 71.5 Å². The minimum Gasteiger partial charge on any atom is -0.389 e. The Balaban J connectivity index is 2.05. The van der Waals surface area contributed by atoms with Crippen LogP contribution in [0.1, 0.15) is 0 Å². The van der Waals surface area contributed by atoms with Gasteiger partial charge in [0.1, 0.15) is 0 Å². The molecular formula is C7H15NO2S. The monoisotopic (exact) mass is 177 g/mol. The Morgan fingerprint density at radius 1 is 1.64 bits per heavy atom. The summed E-state index contributed by atoms with van der Waals surface area (Å²) in [5.74, 6) is 1.09. The third-order valence-electron chi connectivity index (χ3n) is 1.76. The van der Waals surface area contributed by atoms with E-state index in [1.807, 2.05) is 0 Å². The van der Waals surface area contributed by atoms with Gasteiger partial charge in [0, 0.05) is 12.3 Å². The van der Waals surface area contributed by atoms with Gasteiger partial charge in [-0.2, -0.15) is 11.8 Å². The van der Waals surface area contributed by atoms with Crippen molar-refractivity contribution < 1.29 is 9.84 Å². The van der Waals surface area contributed by atoms with Crippen molar-refractivity contribution in [2.75, 3.05) is 31.8 Å². The van der Waals surface area contributed by atoms with Gasteiger partial charge in [0.25, 0.3) is 0 Å². The Hall–Kier alpha value is 0.230. The van der Waals surface area contributed by atoms with Gasteiger partial charge in [-0.25, -0.2) is 0 Å². The molecule has 4 heteroatoms. The van der Waals surface area contributed by atoms with Crippen LogP contribution in [0.3, 0.4) is 0 Å². The zero-order valence-corrected chi connectivity index (χ0v) is 7.56. The lowest BCUT2D eigenvalue weighted by atomic mass is 10.2. The summed E-state index contributed by atoms with van der Waals surface area (Å²) < 4.78 is 5.08. The Bertz CT molecular complexity index is 113. The average molecular weight is 177 g/mol. The van der Waals surface area contributed by atoms with E-state index in [0.717, 1.165) is 12.3 Å². The van der Waals surface area contributed by atoms with E-state index < -0.39 is 0 Å². The van der Waals surface area contributed by atoms with Crippen molar-refractivity contribution in [1.82, 2.24) is 5.32 Å². The van der Waals surface area contributed by atoms with Crippen LogP contribution in [-0.2, 0) is 4.74 Å². The summed E-state index contributed by atoms with van der Waals surface area (Å²) in [5.41, 5.74) is 0. The molecule has 1 heterocycles. The molecule has 1 aliphatic heterocycles. The molecule has 1 aliphatic rings. The number of hydrogen-bond donors (Lipinski definition) is 2. The molecule has 66 valence electrons. The van der Waals surface area contributed by atoms with Gasteiger partial charge in [-0.15, -0.1) is 0 Å². The van der Waals surface area contributed by atoms with E-state index in [1.165, 1.54) is 0 Å². The summed E-state index contributed by atoms with van der Waals surface area (Å²) in [6.07, 6.45) is 1.76. The summed E-state index contributed by atoms with van der Waals surface area (Å²) in [6, 6.07) is 0.155. The molecule has 1 saturated heterocycles. The van der Waals surface area contributed by atoms with Gasteiger partial charge in [0.15, 0.2) is 0 Å². The van der Waals surface area contributed by atoms with E-state index in [1.54, 1.807) is 11.8 Å². The fraction of sp³-hybridized carbons (Fsp3) is 1.00. The molecule has 0 aromatic rings. The predicted molar refractivity (Wildman–Crippen MR) is 47.0 cm³/mol. The van der Waals surface area contributed by atoms with Gasteiger partial charge in [-0.05, 0) is 6.26 Å². The minimum absolute atomic E-state index is 0.155. The Kier molecular flexibility index (Phi) is 4.22. The van der Waals surface area contributed by atoms with Gasteiger partial charge in [-0.1, -0.05) is 0 Å². The average Bonchev–Trinajstić information content (AvgIpc) is 2.37. The molecule has 1 fully saturated rings. The number of hydrogen-bond acceptors (Lipinski definition) is 4. The number of thioether (sulfide) groups is 1. The second kappa shape index (κ2) is 4.98. The molecule has 0 saturated carbocycles. The molecular weight excluding hydrogens is 162 g/mol. The van der Waals surface area contributed by atoms with Crippen LogP contribution in [-0.4, -0.2) is 49.0 Å². The summed E-state index contributed by atoms with van der Waals surface area (Å²) in [5, 5.41) is 12.5. The van der Waals surface area contributed by atoms with Crippen LogP contribution < -0.4 is 5.32 Å². The van der Waals surface area contributed by atoms with Crippen molar-refractivity contribution in [3.63, 3.8) is 0 Å². The van der Waals surface area contributed by atoms with Crippen LogP contribution in [0.25, 0.3) is 0 Å². The van der Waals surface area contributed by atoms with Crippen molar-refractivity contribution in [3.05, 3.63) is 0 Å². The molecule has 3 nitrogen and oxygen atoms in total. The molecule has 0 bridgehead atoms. The first-order valence-corrected chi connectivity index (χ1v) is 5.22. The molecule has 0 spiro atoms. The van der Waals surface area contributed by atoms with Crippen LogP contribution in [0.15, 0.2) is 0 Å². The molecule has 2 atom stereocenters. The highest BCUT2D eigenvalue weighted by Crippen LogP contribution is 2.04. The molecule has 0 amide bonds. The standard InChI is InChI=1S/C7H15NO2S/c1-11-3-2-8-6-4-10-5-7(6)9/h6-9H,2-5H2,1H3. The molecule has 11 heavy (non-hydrogen) atoms. The third kappa shape index (κ3) is 2.99. The fourth-order valence-electron chi connectivity index (χ4n) is 1.08. The molecule has 2 N–H and O–H groups in total. The highest BCUT2D eigenvalue weighted by atomic mass is 32.2. The van der Waals surface area contributed by atoms with E-state index in [0.29, 0.717) is 13.2 Å². The summed E-state index contributed by atoms with van der Waals surface area (Å²) in [4.78, 5) is 0. The topological polar surface area (TPSA) is 41.5 Å². The SMILES string of the molecule is CSCCNC1COCC1O. The first-order valence-electron chi connectivity index (χ1n) is 3.82. The maximum Gasteiger partial charge on any atom is 0.0948 e. The maximum absolute atomic E-state index is 9.29. The van der Waals surface area contributed by atoms with Crippen LogP contribution in [0.2, 0.25) is 0 Å². The second-order valence-electron chi connectivity index (χ2n) is 2.66. The molecule has 0 aliphatic carbocycles.